The lowest BCUT2D eigenvalue weighted by Gasteiger charge is -2.22. The second kappa shape index (κ2) is 7.00. The Kier molecular flexibility index (Phi) is 5.86. The van der Waals surface area contributed by atoms with Crippen molar-refractivity contribution in [3.05, 3.63) is 29.6 Å². The number of carboxylic acids is 1. The van der Waals surface area contributed by atoms with Gasteiger partial charge in [-0.1, -0.05) is 26.7 Å². The number of hydrogen-bond acceptors (Lipinski definition) is 3. The number of rotatable bonds is 7. The van der Waals surface area contributed by atoms with Gasteiger partial charge in [0, 0.05) is 6.04 Å². The molecule has 118 valence electrons. The molecule has 1 atom stereocenters. The zero-order chi connectivity index (χ0) is 16.2. The molecule has 0 aliphatic carbocycles. The fourth-order valence-corrected chi connectivity index (χ4v) is 3.66. The summed E-state index contributed by atoms with van der Waals surface area (Å²) in [7, 11) is -4.10. The van der Waals surface area contributed by atoms with Gasteiger partial charge in [0.25, 0.3) is 0 Å². The molecule has 7 heteroatoms. The van der Waals surface area contributed by atoms with Gasteiger partial charge in [0.05, 0.1) is 5.56 Å². The summed E-state index contributed by atoms with van der Waals surface area (Å²) in [6, 6.07) is 2.35. The van der Waals surface area contributed by atoms with Crippen LogP contribution in [0, 0.1) is 11.7 Å². The van der Waals surface area contributed by atoms with Crippen molar-refractivity contribution in [1.29, 1.82) is 0 Å². The van der Waals surface area contributed by atoms with Crippen LogP contribution in [0.25, 0.3) is 0 Å². The molecule has 1 rings (SSSR count). The van der Waals surface area contributed by atoms with E-state index in [1.165, 1.54) is 0 Å². The van der Waals surface area contributed by atoms with E-state index in [4.69, 9.17) is 5.11 Å². The van der Waals surface area contributed by atoms with Crippen LogP contribution in [-0.2, 0) is 10.0 Å². The molecule has 21 heavy (non-hydrogen) atoms. The summed E-state index contributed by atoms with van der Waals surface area (Å²) in [5.74, 6) is -2.14. The number of hydrogen-bond donors (Lipinski definition) is 2. The fraction of sp³-hybridized carbons (Fsp3) is 0.500. The average Bonchev–Trinajstić information content (AvgIpc) is 2.39. The van der Waals surface area contributed by atoms with E-state index in [-0.39, 0.29) is 17.5 Å². The van der Waals surface area contributed by atoms with Crippen LogP contribution in [0.1, 0.15) is 44.0 Å². The average molecular weight is 317 g/mol. The maximum Gasteiger partial charge on any atom is 0.335 e. The Morgan fingerprint density at radius 3 is 2.38 bits per heavy atom. The molecule has 0 saturated carbocycles. The molecule has 0 radical (unpaired) electrons. The van der Waals surface area contributed by atoms with Crippen LogP contribution >= 0.6 is 0 Å². The molecule has 1 aromatic rings. The Hall–Kier alpha value is -1.47. The number of benzene rings is 1. The summed E-state index contributed by atoms with van der Waals surface area (Å²) in [4.78, 5) is 10.2. The predicted octanol–water partition coefficient (Wildman–Crippen LogP) is 2.63. The Balaban J connectivity index is 3.13. The fourth-order valence-electron chi connectivity index (χ4n) is 2.24. The zero-order valence-electron chi connectivity index (χ0n) is 12.3. The quantitative estimate of drug-likeness (QED) is 0.810. The van der Waals surface area contributed by atoms with Crippen molar-refractivity contribution < 1.29 is 22.7 Å². The highest BCUT2D eigenvalue weighted by molar-refractivity contribution is 7.89. The van der Waals surface area contributed by atoms with E-state index >= 15 is 0 Å². The number of carbonyl (C=O) groups is 1. The van der Waals surface area contributed by atoms with Crippen molar-refractivity contribution in [2.24, 2.45) is 5.92 Å². The molecule has 0 aliphatic rings. The van der Waals surface area contributed by atoms with E-state index in [0.717, 1.165) is 31.0 Å². The second-order valence-corrected chi connectivity index (χ2v) is 6.62. The molecule has 0 aromatic heterocycles. The van der Waals surface area contributed by atoms with Crippen molar-refractivity contribution in [1.82, 2.24) is 4.72 Å². The van der Waals surface area contributed by atoms with E-state index < -0.39 is 26.7 Å². The van der Waals surface area contributed by atoms with Gasteiger partial charge in [-0.2, -0.15) is 0 Å². The van der Waals surface area contributed by atoms with Gasteiger partial charge in [-0.3, -0.25) is 0 Å². The highest BCUT2D eigenvalue weighted by Gasteiger charge is 2.25. The third-order valence-electron chi connectivity index (χ3n) is 3.56. The number of aromatic carboxylic acids is 1. The van der Waals surface area contributed by atoms with E-state index in [9.17, 15) is 17.6 Å². The molecular formula is C14H20FNO4S. The molecule has 0 saturated heterocycles. The molecule has 0 bridgehead atoms. The van der Waals surface area contributed by atoms with Gasteiger partial charge in [-0.25, -0.2) is 22.3 Å². The van der Waals surface area contributed by atoms with Crippen molar-refractivity contribution >= 4 is 16.0 Å². The lowest BCUT2D eigenvalue weighted by molar-refractivity contribution is 0.0696. The molecule has 0 amide bonds. The van der Waals surface area contributed by atoms with Crippen molar-refractivity contribution in [2.45, 2.75) is 44.6 Å². The van der Waals surface area contributed by atoms with Crippen LogP contribution in [0.5, 0.6) is 0 Å². The minimum atomic E-state index is -4.10. The monoisotopic (exact) mass is 317 g/mol. The van der Waals surface area contributed by atoms with Crippen LogP contribution < -0.4 is 4.72 Å². The molecule has 0 aliphatic heterocycles. The first kappa shape index (κ1) is 17.6. The Morgan fingerprint density at radius 2 is 1.90 bits per heavy atom. The first-order chi connectivity index (χ1) is 9.72. The van der Waals surface area contributed by atoms with E-state index in [1.54, 1.807) is 6.92 Å². The smallest absolute Gasteiger partial charge is 0.335 e. The summed E-state index contributed by atoms with van der Waals surface area (Å²) in [5, 5.41) is 8.87. The minimum absolute atomic E-state index is 0.130. The molecule has 1 aromatic carbocycles. The topological polar surface area (TPSA) is 83.5 Å². The Bertz CT molecular complexity index is 611. The Labute approximate surface area is 124 Å². The lowest BCUT2D eigenvalue weighted by atomic mass is 9.96. The van der Waals surface area contributed by atoms with Gasteiger partial charge in [0.15, 0.2) is 0 Å². The zero-order valence-corrected chi connectivity index (χ0v) is 13.1. The molecular weight excluding hydrogens is 297 g/mol. The van der Waals surface area contributed by atoms with Crippen LogP contribution in [-0.4, -0.2) is 25.5 Å². The maximum atomic E-state index is 13.7. The van der Waals surface area contributed by atoms with Crippen molar-refractivity contribution in [2.75, 3.05) is 0 Å². The standard InChI is InChI=1S/C14H20FNO4S/c1-4-10(5-2)9(3)16-21(19,20)13-8-11(14(17)18)6-7-12(13)15/h6-10,16H,4-5H2,1-3H3,(H,17,18). The third kappa shape index (κ3) is 4.25. The maximum absolute atomic E-state index is 13.7. The first-order valence-electron chi connectivity index (χ1n) is 6.78. The van der Waals surface area contributed by atoms with E-state index in [0.29, 0.717) is 0 Å². The van der Waals surface area contributed by atoms with Gasteiger partial charge >= 0.3 is 5.97 Å². The summed E-state index contributed by atoms with van der Waals surface area (Å²) in [6.45, 7) is 5.61. The van der Waals surface area contributed by atoms with E-state index in [2.05, 4.69) is 4.72 Å². The van der Waals surface area contributed by atoms with Gasteiger partial charge in [-0.15, -0.1) is 0 Å². The number of nitrogens with one attached hydrogen (secondary N) is 1. The van der Waals surface area contributed by atoms with Gasteiger partial charge < -0.3 is 5.11 Å². The number of halogens is 1. The van der Waals surface area contributed by atoms with Crippen LogP contribution in [0.3, 0.4) is 0 Å². The molecule has 1 unspecified atom stereocenters. The summed E-state index contributed by atoms with van der Waals surface area (Å²) in [5.41, 5.74) is -0.271. The van der Waals surface area contributed by atoms with Crippen molar-refractivity contribution in [3.63, 3.8) is 0 Å². The predicted molar refractivity (Wildman–Crippen MR) is 77.2 cm³/mol. The third-order valence-corrected chi connectivity index (χ3v) is 5.14. The minimum Gasteiger partial charge on any atom is -0.478 e. The highest BCUT2D eigenvalue weighted by atomic mass is 32.2. The van der Waals surface area contributed by atoms with Gasteiger partial charge in [-0.05, 0) is 31.0 Å². The SMILES string of the molecule is CCC(CC)C(C)NS(=O)(=O)c1cc(C(=O)O)ccc1F. The molecule has 2 N–H and O–H groups in total. The second-order valence-electron chi connectivity index (χ2n) is 4.94. The highest BCUT2D eigenvalue weighted by Crippen LogP contribution is 2.20. The Morgan fingerprint density at radius 1 is 1.33 bits per heavy atom. The van der Waals surface area contributed by atoms with Crippen LogP contribution in [0.15, 0.2) is 23.1 Å². The molecule has 5 nitrogen and oxygen atoms in total. The van der Waals surface area contributed by atoms with Crippen LogP contribution in [0.4, 0.5) is 4.39 Å². The largest absolute Gasteiger partial charge is 0.478 e. The molecule has 0 fully saturated rings. The summed E-state index contributed by atoms with van der Waals surface area (Å²) >= 11 is 0. The first-order valence-corrected chi connectivity index (χ1v) is 8.26. The number of sulfonamides is 1. The van der Waals surface area contributed by atoms with E-state index in [1.807, 2.05) is 13.8 Å². The lowest BCUT2D eigenvalue weighted by Crippen LogP contribution is -2.38. The molecule has 0 heterocycles. The molecule has 0 spiro atoms. The van der Waals surface area contributed by atoms with Gasteiger partial charge in [0.2, 0.25) is 10.0 Å². The number of carboxylic acid groups (broad SMARTS) is 1. The van der Waals surface area contributed by atoms with Crippen molar-refractivity contribution in [3.8, 4) is 0 Å². The normalized spacial score (nSPS) is 13.4. The van der Waals surface area contributed by atoms with Crippen LogP contribution in [0.2, 0.25) is 0 Å². The van der Waals surface area contributed by atoms with Gasteiger partial charge in [0.1, 0.15) is 10.7 Å². The summed E-state index contributed by atoms with van der Waals surface area (Å²) < 4.78 is 40.6. The summed E-state index contributed by atoms with van der Waals surface area (Å²) in [6.07, 6.45) is 1.58.